The maximum atomic E-state index is 11.1. The van der Waals surface area contributed by atoms with E-state index >= 15 is 0 Å². The van der Waals surface area contributed by atoms with Crippen molar-refractivity contribution < 1.29 is 4.79 Å². The van der Waals surface area contributed by atoms with Gasteiger partial charge in [-0.15, -0.1) is 0 Å². The maximum absolute atomic E-state index is 11.1. The molecule has 3 rings (SSSR count). The van der Waals surface area contributed by atoms with Crippen molar-refractivity contribution in [2.45, 2.75) is 18.4 Å². The second kappa shape index (κ2) is 4.72. The molecule has 0 spiro atoms. The van der Waals surface area contributed by atoms with E-state index in [0.29, 0.717) is 17.7 Å². The molecule has 1 heterocycles. The zero-order valence-electron chi connectivity index (χ0n) is 10.4. The highest BCUT2D eigenvalue weighted by molar-refractivity contribution is 5.91. The predicted molar refractivity (Wildman–Crippen MR) is 74.0 cm³/mol. The van der Waals surface area contributed by atoms with E-state index in [1.807, 2.05) is 12.1 Å². The van der Waals surface area contributed by atoms with Crippen LogP contribution >= 0.6 is 0 Å². The van der Waals surface area contributed by atoms with Crippen molar-refractivity contribution >= 4 is 11.6 Å². The molecule has 96 valence electrons. The first-order valence-corrected chi connectivity index (χ1v) is 6.31. The molecule has 2 atom stereocenters. The summed E-state index contributed by atoms with van der Waals surface area (Å²) in [4.78, 5) is 15.0. The molecule has 1 aliphatic rings. The Morgan fingerprint density at radius 1 is 1.26 bits per heavy atom. The third-order valence-corrected chi connectivity index (χ3v) is 3.38. The second-order valence-electron chi connectivity index (χ2n) is 4.80. The molecular weight excluding hydrogens is 238 g/mol. The van der Waals surface area contributed by atoms with Crippen LogP contribution in [0.5, 0.6) is 0 Å². The molecule has 1 aromatic heterocycles. The van der Waals surface area contributed by atoms with E-state index in [-0.39, 0.29) is 0 Å². The molecule has 1 aliphatic carbocycles. The van der Waals surface area contributed by atoms with Gasteiger partial charge in [-0.25, -0.2) is 0 Å². The lowest BCUT2D eigenvalue weighted by Crippen LogP contribution is -2.13. The van der Waals surface area contributed by atoms with E-state index < -0.39 is 5.91 Å². The van der Waals surface area contributed by atoms with Gasteiger partial charge in [0.25, 0.3) is 5.91 Å². The van der Waals surface area contributed by atoms with E-state index in [2.05, 4.69) is 34.6 Å². The highest BCUT2D eigenvalue weighted by Gasteiger charge is 2.38. The molecule has 1 amide bonds. The number of benzene rings is 1. The molecule has 1 fully saturated rings. The van der Waals surface area contributed by atoms with Gasteiger partial charge in [0.15, 0.2) is 0 Å². The number of amides is 1. The Kier molecular flexibility index (Phi) is 2.91. The van der Waals surface area contributed by atoms with Crippen molar-refractivity contribution in [3.8, 4) is 0 Å². The number of hydrogen-bond donors (Lipinski definition) is 2. The summed E-state index contributed by atoms with van der Waals surface area (Å²) in [5, 5.41) is 3.41. The highest BCUT2D eigenvalue weighted by Crippen LogP contribution is 2.42. The van der Waals surface area contributed by atoms with Gasteiger partial charge >= 0.3 is 0 Å². The van der Waals surface area contributed by atoms with E-state index in [9.17, 15) is 4.79 Å². The number of pyridine rings is 1. The van der Waals surface area contributed by atoms with E-state index in [4.69, 9.17) is 5.73 Å². The number of primary amides is 1. The second-order valence-corrected chi connectivity index (χ2v) is 4.80. The van der Waals surface area contributed by atoms with Crippen LogP contribution < -0.4 is 11.1 Å². The number of hydrogen-bond acceptors (Lipinski definition) is 3. The summed E-state index contributed by atoms with van der Waals surface area (Å²) in [7, 11) is 0. The third kappa shape index (κ3) is 2.57. The minimum atomic E-state index is -0.501. The average Bonchev–Trinajstić information content (AvgIpc) is 3.19. The van der Waals surface area contributed by atoms with Crippen LogP contribution in [0.1, 0.15) is 28.4 Å². The van der Waals surface area contributed by atoms with Gasteiger partial charge in [-0.2, -0.15) is 0 Å². The Morgan fingerprint density at radius 2 is 2.05 bits per heavy atom. The first-order valence-electron chi connectivity index (χ1n) is 6.31. The molecule has 0 aliphatic heterocycles. The normalized spacial score (nSPS) is 20.8. The summed E-state index contributed by atoms with van der Waals surface area (Å²) in [6.07, 6.45) is 2.71. The molecule has 2 unspecified atom stereocenters. The monoisotopic (exact) mass is 253 g/mol. The van der Waals surface area contributed by atoms with Crippen molar-refractivity contribution in [2.24, 2.45) is 5.73 Å². The molecule has 0 saturated heterocycles. The van der Waals surface area contributed by atoms with Crippen LogP contribution in [0, 0.1) is 0 Å². The SMILES string of the molecule is NC(=O)c1cc(NC2CC2c2ccccc2)ccn1. The number of nitrogens with two attached hydrogens (primary N) is 1. The van der Waals surface area contributed by atoms with Crippen LogP contribution in [0.3, 0.4) is 0 Å². The smallest absolute Gasteiger partial charge is 0.267 e. The summed E-state index contributed by atoms with van der Waals surface area (Å²) >= 11 is 0. The zero-order chi connectivity index (χ0) is 13.2. The summed E-state index contributed by atoms with van der Waals surface area (Å²) in [6, 6.07) is 14.4. The first-order chi connectivity index (χ1) is 9.24. The fourth-order valence-corrected chi connectivity index (χ4v) is 2.29. The van der Waals surface area contributed by atoms with Crippen molar-refractivity contribution in [3.63, 3.8) is 0 Å². The Morgan fingerprint density at radius 3 is 2.79 bits per heavy atom. The first kappa shape index (κ1) is 11.7. The predicted octanol–water partition coefficient (Wildman–Crippen LogP) is 2.15. The fourth-order valence-electron chi connectivity index (χ4n) is 2.29. The van der Waals surface area contributed by atoms with Gasteiger partial charge in [0.1, 0.15) is 5.69 Å². The molecule has 4 heteroatoms. The van der Waals surface area contributed by atoms with Crippen LogP contribution in [0.15, 0.2) is 48.7 Å². The van der Waals surface area contributed by atoms with Gasteiger partial charge in [0.2, 0.25) is 0 Å². The van der Waals surface area contributed by atoms with Crippen molar-refractivity contribution in [2.75, 3.05) is 5.32 Å². The molecule has 1 aromatic carbocycles. The van der Waals surface area contributed by atoms with Crippen molar-refractivity contribution in [1.29, 1.82) is 0 Å². The molecule has 1 saturated carbocycles. The molecular formula is C15H15N3O. The number of aromatic nitrogens is 1. The zero-order valence-corrected chi connectivity index (χ0v) is 10.4. The third-order valence-electron chi connectivity index (χ3n) is 3.38. The number of carbonyl (C=O) groups excluding carboxylic acids is 1. The summed E-state index contributed by atoms with van der Waals surface area (Å²) in [5.74, 6) is 0.0467. The highest BCUT2D eigenvalue weighted by atomic mass is 16.1. The van der Waals surface area contributed by atoms with Crippen molar-refractivity contribution in [3.05, 3.63) is 59.9 Å². The standard InChI is InChI=1S/C15H15N3O/c16-15(19)14-8-11(6-7-17-14)18-13-9-12(13)10-4-2-1-3-5-10/h1-8,12-13H,9H2,(H2,16,19)(H,17,18). The summed E-state index contributed by atoms with van der Waals surface area (Å²) < 4.78 is 0. The lowest BCUT2D eigenvalue weighted by atomic mass is 10.1. The Labute approximate surface area is 111 Å². The summed E-state index contributed by atoms with van der Waals surface area (Å²) in [5.41, 5.74) is 7.76. The summed E-state index contributed by atoms with van der Waals surface area (Å²) in [6.45, 7) is 0. The Bertz CT molecular complexity index is 597. The Hall–Kier alpha value is -2.36. The van der Waals surface area contributed by atoms with Gasteiger partial charge in [-0.1, -0.05) is 30.3 Å². The molecule has 0 radical (unpaired) electrons. The average molecular weight is 253 g/mol. The van der Waals surface area contributed by atoms with Gasteiger partial charge in [-0.05, 0) is 24.1 Å². The van der Waals surface area contributed by atoms with Crippen LogP contribution in [0.2, 0.25) is 0 Å². The van der Waals surface area contributed by atoms with Gasteiger partial charge in [0, 0.05) is 23.8 Å². The molecule has 0 bridgehead atoms. The topological polar surface area (TPSA) is 68.0 Å². The van der Waals surface area contributed by atoms with E-state index in [1.54, 1.807) is 12.3 Å². The van der Waals surface area contributed by atoms with Crippen LogP contribution in [-0.4, -0.2) is 16.9 Å². The molecule has 3 N–H and O–H groups in total. The van der Waals surface area contributed by atoms with Crippen LogP contribution in [0.25, 0.3) is 0 Å². The van der Waals surface area contributed by atoms with Gasteiger partial charge < -0.3 is 11.1 Å². The van der Waals surface area contributed by atoms with E-state index in [0.717, 1.165) is 12.1 Å². The maximum Gasteiger partial charge on any atom is 0.267 e. The molecule has 4 nitrogen and oxygen atoms in total. The van der Waals surface area contributed by atoms with Gasteiger partial charge in [-0.3, -0.25) is 9.78 Å². The quantitative estimate of drug-likeness (QED) is 0.877. The number of nitrogens with zero attached hydrogens (tertiary/aromatic N) is 1. The number of anilines is 1. The number of rotatable bonds is 4. The van der Waals surface area contributed by atoms with Crippen molar-refractivity contribution in [1.82, 2.24) is 4.98 Å². The molecule has 19 heavy (non-hydrogen) atoms. The molecule has 2 aromatic rings. The van der Waals surface area contributed by atoms with Gasteiger partial charge in [0.05, 0.1) is 0 Å². The minimum absolute atomic E-state index is 0.293. The largest absolute Gasteiger partial charge is 0.382 e. The Balaban J connectivity index is 1.68. The lowest BCUT2D eigenvalue weighted by Gasteiger charge is -2.06. The minimum Gasteiger partial charge on any atom is -0.382 e. The van der Waals surface area contributed by atoms with E-state index in [1.165, 1.54) is 5.56 Å². The van der Waals surface area contributed by atoms with Crippen LogP contribution in [-0.2, 0) is 0 Å². The number of nitrogens with one attached hydrogen (secondary N) is 1. The number of carbonyl (C=O) groups is 1. The fraction of sp³-hybridized carbons (Fsp3) is 0.200. The lowest BCUT2D eigenvalue weighted by molar-refractivity contribution is 0.0995. The van der Waals surface area contributed by atoms with Crippen LogP contribution in [0.4, 0.5) is 5.69 Å².